The van der Waals surface area contributed by atoms with E-state index in [0.29, 0.717) is 0 Å². The Labute approximate surface area is 108 Å². The number of nitrogens with zero attached hydrogens (tertiary/aromatic N) is 1. The van der Waals surface area contributed by atoms with Crippen LogP contribution in [-0.4, -0.2) is 30.1 Å². The van der Waals surface area contributed by atoms with Crippen molar-refractivity contribution < 1.29 is 0 Å². The average Bonchev–Trinajstić information content (AvgIpc) is 2.63. The fraction of sp³-hybridized carbons (Fsp3) is 1.00. The van der Waals surface area contributed by atoms with E-state index in [1.807, 2.05) is 0 Å². The van der Waals surface area contributed by atoms with Crippen LogP contribution in [0.15, 0.2) is 0 Å². The Morgan fingerprint density at radius 3 is 2.12 bits per heavy atom. The molecule has 17 heavy (non-hydrogen) atoms. The lowest BCUT2D eigenvalue weighted by molar-refractivity contribution is 0.112. The molecule has 1 rings (SSSR count). The highest BCUT2D eigenvalue weighted by Crippen LogP contribution is 2.25. The molecule has 0 aliphatic heterocycles. The SMILES string of the molecule is CCC(CC)N(CCCN)C1CCCCCC1. The van der Waals surface area contributed by atoms with Gasteiger partial charge in [0.2, 0.25) is 0 Å². The maximum absolute atomic E-state index is 5.69. The van der Waals surface area contributed by atoms with Crippen molar-refractivity contribution in [3.63, 3.8) is 0 Å². The minimum atomic E-state index is 0.782. The van der Waals surface area contributed by atoms with Crippen LogP contribution >= 0.6 is 0 Å². The van der Waals surface area contributed by atoms with Crippen LogP contribution in [0.3, 0.4) is 0 Å². The zero-order valence-corrected chi connectivity index (χ0v) is 12.0. The summed E-state index contributed by atoms with van der Waals surface area (Å²) < 4.78 is 0. The molecule has 2 nitrogen and oxygen atoms in total. The molecule has 0 aromatic heterocycles. The van der Waals surface area contributed by atoms with Crippen LogP contribution in [0.5, 0.6) is 0 Å². The zero-order chi connectivity index (χ0) is 12.5. The molecule has 2 heteroatoms. The molecule has 0 radical (unpaired) electrons. The van der Waals surface area contributed by atoms with E-state index in [1.54, 1.807) is 0 Å². The van der Waals surface area contributed by atoms with Crippen molar-refractivity contribution in [2.75, 3.05) is 13.1 Å². The molecule has 1 fully saturated rings. The van der Waals surface area contributed by atoms with Gasteiger partial charge in [-0.25, -0.2) is 0 Å². The van der Waals surface area contributed by atoms with Crippen molar-refractivity contribution >= 4 is 0 Å². The molecule has 0 atom stereocenters. The van der Waals surface area contributed by atoms with Crippen molar-refractivity contribution in [2.24, 2.45) is 5.73 Å². The van der Waals surface area contributed by atoms with Gasteiger partial charge in [-0.1, -0.05) is 39.5 Å². The highest BCUT2D eigenvalue weighted by atomic mass is 15.2. The standard InChI is InChI=1S/C15H32N2/c1-3-14(4-2)17(13-9-12-16)15-10-7-5-6-8-11-15/h14-15H,3-13,16H2,1-2H3. The van der Waals surface area contributed by atoms with E-state index in [4.69, 9.17) is 5.73 Å². The van der Waals surface area contributed by atoms with Crippen LogP contribution in [-0.2, 0) is 0 Å². The second-order valence-electron chi connectivity index (χ2n) is 5.50. The third-order valence-corrected chi connectivity index (χ3v) is 4.33. The van der Waals surface area contributed by atoms with Gasteiger partial charge in [0.25, 0.3) is 0 Å². The topological polar surface area (TPSA) is 29.3 Å². The first-order valence-electron chi connectivity index (χ1n) is 7.79. The third-order valence-electron chi connectivity index (χ3n) is 4.33. The first-order chi connectivity index (χ1) is 8.33. The molecular formula is C15H32N2. The van der Waals surface area contributed by atoms with Gasteiger partial charge in [0.05, 0.1) is 0 Å². The quantitative estimate of drug-likeness (QED) is 0.690. The lowest BCUT2D eigenvalue weighted by Crippen LogP contribution is -2.43. The Hall–Kier alpha value is -0.0800. The summed E-state index contributed by atoms with van der Waals surface area (Å²) >= 11 is 0. The number of rotatable bonds is 7. The van der Waals surface area contributed by atoms with E-state index in [2.05, 4.69) is 18.7 Å². The Morgan fingerprint density at radius 1 is 1.06 bits per heavy atom. The monoisotopic (exact) mass is 240 g/mol. The molecule has 2 N–H and O–H groups in total. The van der Waals surface area contributed by atoms with Crippen LogP contribution in [0.1, 0.15) is 71.6 Å². The Kier molecular flexibility index (Phi) is 7.87. The summed E-state index contributed by atoms with van der Waals surface area (Å²) in [6.45, 7) is 6.72. The molecule has 1 aliphatic rings. The van der Waals surface area contributed by atoms with Gasteiger partial charge in [-0.3, -0.25) is 4.90 Å². The van der Waals surface area contributed by atoms with E-state index >= 15 is 0 Å². The normalized spacial score (nSPS) is 18.9. The number of hydrogen-bond donors (Lipinski definition) is 1. The van der Waals surface area contributed by atoms with E-state index in [1.165, 1.54) is 57.9 Å². The first kappa shape index (κ1) is 15.0. The molecule has 0 amide bonds. The molecular weight excluding hydrogens is 208 g/mol. The summed E-state index contributed by atoms with van der Waals surface area (Å²) in [5.41, 5.74) is 5.69. The van der Waals surface area contributed by atoms with Gasteiger partial charge >= 0.3 is 0 Å². The van der Waals surface area contributed by atoms with Crippen molar-refractivity contribution in [2.45, 2.75) is 83.7 Å². The highest BCUT2D eigenvalue weighted by Gasteiger charge is 2.24. The van der Waals surface area contributed by atoms with Gasteiger partial charge in [-0.05, 0) is 45.2 Å². The summed E-state index contributed by atoms with van der Waals surface area (Å²) in [4.78, 5) is 2.79. The smallest absolute Gasteiger partial charge is 0.00981 e. The van der Waals surface area contributed by atoms with Gasteiger partial charge in [-0.15, -0.1) is 0 Å². The summed E-state index contributed by atoms with van der Waals surface area (Å²) in [6.07, 6.45) is 12.3. The Morgan fingerprint density at radius 2 is 1.65 bits per heavy atom. The fourth-order valence-corrected chi connectivity index (χ4v) is 3.28. The second kappa shape index (κ2) is 8.93. The maximum atomic E-state index is 5.69. The van der Waals surface area contributed by atoms with E-state index in [-0.39, 0.29) is 0 Å². The second-order valence-corrected chi connectivity index (χ2v) is 5.50. The van der Waals surface area contributed by atoms with Gasteiger partial charge in [-0.2, -0.15) is 0 Å². The third kappa shape index (κ3) is 4.97. The van der Waals surface area contributed by atoms with Crippen LogP contribution in [0, 0.1) is 0 Å². The van der Waals surface area contributed by atoms with Crippen molar-refractivity contribution in [3.8, 4) is 0 Å². The first-order valence-corrected chi connectivity index (χ1v) is 7.79. The lowest BCUT2D eigenvalue weighted by atomic mass is 10.0. The van der Waals surface area contributed by atoms with Crippen LogP contribution in [0.4, 0.5) is 0 Å². The molecule has 0 aromatic carbocycles. The molecule has 1 aliphatic carbocycles. The minimum absolute atomic E-state index is 0.782. The molecule has 0 heterocycles. The largest absolute Gasteiger partial charge is 0.330 e. The highest BCUT2D eigenvalue weighted by molar-refractivity contribution is 4.80. The Bertz CT molecular complexity index is 170. The van der Waals surface area contributed by atoms with Crippen LogP contribution in [0.2, 0.25) is 0 Å². The summed E-state index contributed by atoms with van der Waals surface area (Å²) in [5, 5.41) is 0. The maximum Gasteiger partial charge on any atom is 0.00981 e. The molecule has 0 spiro atoms. The van der Waals surface area contributed by atoms with Gasteiger partial charge in [0.15, 0.2) is 0 Å². The molecule has 0 saturated heterocycles. The van der Waals surface area contributed by atoms with E-state index < -0.39 is 0 Å². The molecule has 102 valence electrons. The predicted octanol–water partition coefficient (Wildman–Crippen LogP) is 3.55. The van der Waals surface area contributed by atoms with Crippen molar-refractivity contribution in [3.05, 3.63) is 0 Å². The average molecular weight is 240 g/mol. The molecule has 0 aromatic rings. The van der Waals surface area contributed by atoms with Gasteiger partial charge in [0.1, 0.15) is 0 Å². The summed E-state index contributed by atoms with van der Waals surface area (Å²) in [7, 11) is 0. The Balaban J connectivity index is 2.58. The van der Waals surface area contributed by atoms with Gasteiger partial charge in [0, 0.05) is 12.1 Å². The lowest BCUT2D eigenvalue weighted by Gasteiger charge is -2.37. The number of nitrogens with two attached hydrogens (primary N) is 1. The molecule has 0 unspecified atom stereocenters. The van der Waals surface area contributed by atoms with Gasteiger partial charge < -0.3 is 5.73 Å². The minimum Gasteiger partial charge on any atom is -0.330 e. The van der Waals surface area contributed by atoms with E-state index in [0.717, 1.165) is 25.0 Å². The zero-order valence-electron chi connectivity index (χ0n) is 12.0. The summed E-state index contributed by atoms with van der Waals surface area (Å²) in [5.74, 6) is 0. The van der Waals surface area contributed by atoms with Crippen molar-refractivity contribution in [1.82, 2.24) is 4.90 Å². The fourth-order valence-electron chi connectivity index (χ4n) is 3.28. The van der Waals surface area contributed by atoms with Crippen LogP contribution < -0.4 is 5.73 Å². The molecule has 0 bridgehead atoms. The molecule has 1 saturated carbocycles. The predicted molar refractivity (Wildman–Crippen MR) is 76.2 cm³/mol. The number of hydrogen-bond acceptors (Lipinski definition) is 2. The van der Waals surface area contributed by atoms with Crippen LogP contribution in [0.25, 0.3) is 0 Å². The van der Waals surface area contributed by atoms with Crippen molar-refractivity contribution in [1.29, 1.82) is 0 Å². The summed E-state index contributed by atoms with van der Waals surface area (Å²) in [6, 6.07) is 1.62. The van der Waals surface area contributed by atoms with E-state index in [9.17, 15) is 0 Å².